The van der Waals surface area contributed by atoms with Gasteiger partial charge in [0.05, 0.1) is 16.3 Å². The summed E-state index contributed by atoms with van der Waals surface area (Å²) in [5.41, 5.74) is -0.000288. The number of halogens is 4. The highest BCUT2D eigenvalue weighted by Crippen LogP contribution is 2.35. The van der Waals surface area contributed by atoms with E-state index in [1.54, 1.807) is 19.1 Å². The van der Waals surface area contributed by atoms with Crippen molar-refractivity contribution in [2.45, 2.75) is 19.2 Å². The molecule has 0 radical (unpaired) electrons. The van der Waals surface area contributed by atoms with Gasteiger partial charge in [-0.25, -0.2) is 0 Å². The molecule has 2 aromatic carbocycles. The Morgan fingerprint density at radius 3 is 2.71 bits per heavy atom. The van der Waals surface area contributed by atoms with Crippen LogP contribution in [-0.4, -0.2) is 17.9 Å². The molecule has 2 aromatic rings. The second-order valence-corrected chi connectivity index (χ2v) is 6.43. The SMILES string of the molecule is CC1Oc2ccc(NC(=O)/C=C/c3ccc(Cl)c(C(F)(F)F)c3)cc2NC1=O. The number of rotatable bonds is 3. The van der Waals surface area contributed by atoms with Gasteiger partial charge >= 0.3 is 6.18 Å². The molecule has 146 valence electrons. The quantitative estimate of drug-likeness (QED) is 0.719. The van der Waals surface area contributed by atoms with Gasteiger partial charge in [-0.1, -0.05) is 17.7 Å². The molecule has 9 heteroatoms. The lowest BCUT2D eigenvalue weighted by Gasteiger charge is -2.23. The number of alkyl halides is 3. The maximum absolute atomic E-state index is 12.9. The van der Waals surface area contributed by atoms with E-state index in [2.05, 4.69) is 10.6 Å². The Hall–Kier alpha value is -3.00. The van der Waals surface area contributed by atoms with E-state index < -0.39 is 28.8 Å². The molecular formula is C19H14ClF3N2O3. The summed E-state index contributed by atoms with van der Waals surface area (Å²) >= 11 is 5.56. The highest BCUT2D eigenvalue weighted by molar-refractivity contribution is 6.31. The summed E-state index contributed by atoms with van der Waals surface area (Å²) in [6.45, 7) is 1.61. The molecule has 1 aliphatic heterocycles. The van der Waals surface area contributed by atoms with Gasteiger partial charge in [-0.15, -0.1) is 0 Å². The van der Waals surface area contributed by atoms with Crippen LogP contribution in [0.1, 0.15) is 18.1 Å². The molecule has 1 atom stereocenters. The molecule has 0 saturated heterocycles. The summed E-state index contributed by atoms with van der Waals surface area (Å²) in [5.74, 6) is -0.388. The molecule has 2 N–H and O–H groups in total. The van der Waals surface area contributed by atoms with E-state index in [0.717, 1.165) is 18.2 Å². The molecule has 1 aliphatic rings. The minimum atomic E-state index is -4.59. The summed E-state index contributed by atoms with van der Waals surface area (Å²) in [4.78, 5) is 23.7. The van der Waals surface area contributed by atoms with Gasteiger partial charge in [0.1, 0.15) is 5.75 Å². The third kappa shape index (κ3) is 4.45. The molecule has 1 unspecified atom stereocenters. The van der Waals surface area contributed by atoms with Gasteiger partial charge in [0, 0.05) is 11.8 Å². The molecule has 28 heavy (non-hydrogen) atoms. The van der Waals surface area contributed by atoms with Crippen molar-refractivity contribution in [3.05, 3.63) is 58.6 Å². The van der Waals surface area contributed by atoms with Crippen molar-refractivity contribution >= 4 is 40.9 Å². The highest BCUT2D eigenvalue weighted by atomic mass is 35.5. The number of amides is 2. The molecule has 0 saturated carbocycles. The highest BCUT2D eigenvalue weighted by Gasteiger charge is 2.33. The first-order valence-electron chi connectivity index (χ1n) is 8.11. The Bertz CT molecular complexity index is 973. The largest absolute Gasteiger partial charge is 0.479 e. The summed E-state index contributed by atoms with van der Waals surface area (Å²) in [6, 6.07) is 8.05. The third-order valence-electron chi connectivity index (χ3n) is 3.90. The lowest BCUT2D eigenvalue weighted by Crippen LogP contribution is -2.34. The number of nitrogens with one attached hydrogen (secondary N) is 2. The number of ether oxygens (including phenoxy) is 1. The average Bonchev–Trinajstić information content (AvgIpc) is 2.61. The van der Waals surface area contributed by atoms with Crippen LogP contribution in [0.25, 0.3) is 6.08 Å². The van der Waals surface area contributed by atoms with Crippen LogP contribution in [0.3, 0.4) is 0 Å². The first kappa shape index (κ1) is 19.8. The van der Waals surface area contributed by atoms with Crippen LogP contribution in [0.4, 0.5) is 24.5 Å². The Labute approximate surface area is 163 Å². The van der Waals surface area contributed by atoms with Crippen LogP contribution in [0, 0.1) is 0 Å². The third-order valence-corrected chi connectivity index (χ3v) is 4.23. The van der Waals surface area contributed by atoms with Gasteiger partial charge in [-0.3, -0.25) is 9.59 Å². The first-order chi connectivity index (χ1) is 13.1. The van der Waals surface area contributed by atoms with E-state index in [1.807, 2.05) is 0 Å². The molecule has 3 rings (SSSR count). The number of carbonyl (C=O) groups is 2. The molecule has 1 heterocycles. The van der Waals surface area contributed by atoms with E-state index in [1.165, 1.54) is 18.2 Å². The van der Waals surface area contributed by atoms with Crippen LogP contribution >= 0.6 is 11.6 Å². The van der Waals surface area contributed by atoms with Crippen LogP contribution in [0.2, 0.25) is 5.02 Å². The van der Waals surface area contributed by atoms with Crippen LogP contribution in [0.5, 0.6) is 5.75 Å². The monoisotopic (exact) mass is 410 g/mol. The van der Waals surface area contributed by atoms with E-state index >= 15 is 0 Å². The van der Waals surface area contributed by atoms with Crippen molar-refractivity contribution in [2.75, 3.05) is 10.6 Å². The van der Waals surface area contributed by atoms with Crippen LogP contribution in [0.15, 0.2) is 42.5 Å². The molecule has 5 nitrogen and oxygen atoms in total. The Balaban J connectivity index is 1.71. The summed E-state index contributed by atoms with van der Waals surface area (Å²) in [7, 11) is 0. The van der Waals surface area contributed by atoms with Crippen molar-refractivity contribution in [1.82, 2.24) is 0 Å². The van der Waals surface area contributed by atoms with Crippen molar-refractivity contribution in [1.29, 1.82) is 0 Å². The number of benzene rings is 2. The first-order valence-corrected chi connectivity index (χ1v) is 8.48. The predicted molar refractivity (Wildman–Crippen MR) is 99.3 cm³/mol. The second-order valence-electron chi connectivity index (χ2n) is 6.02. The lowest BCUT2D eigenvalue weighted by molar-refractivity contribution is -0.137. The van der Waals surface area contributed by atoms with Crippen LogP contribution < -0.4 is 15.4 Å². The maximum Gasteiger partial charge on any atom is 0.417 e. The van der Waals surface area contributed by atoms with Gasteiger partial charge < -0.3 is 15.4 Å². The topological polar surface area (TPSA) is 67.4 Å². The number of hydrogen-bond donors (Lipinski definition) is 2. The molecule has 0 aromatic heterocycles. The molecule has 2 amide bonds. The Morgan fingerprint density at radius 2 is 2.00 bits per heavy atom. The smallest absolute Gasteiger partial charge is 0.417 e. The Morgan fingerprint density at radius 1 is 1.25 bits per heavy atom. The molecule has 0 fully saturated rings. The van der Waals surface area contributed by atoms with Crippen molar-refractivity contribution in [2.24, 2.45) is 0 Å². The minimum Gasteiger partial charge on any atom is -0.479 e. The van der Waals surface area contributed by atoms with Gasteiger partial charge in [0.15, 0.2) is 6.10 Å². The van der Waals surface area contributed by atoms with Gasteiger partial charge in [0.25, 0.3) is 5.91 Å². The van der Waals surface area contributed by atoms with E-state index in [9.17, 15) is 22.8 Å². The molecule has 0 bridgehead atoms. The van der Waals surface area contributed by atoms with Crippen molar-refractivity contribution < 1.29 is 27.5 Å². The fourth-order valence-corrected chi connectivity index (χ4v) is 2.73. The minimum absolute atomic E-state index is 0.173. The van der Waals surface area contributed by atoms with Gasteiger partial charge in [0.2, 0.25) is 5.91 Å². The lowest BCUT2D eigenvalue weighted by atomic mass is 10.1. The van der Waals surface area contributed by atoms with Crippen molar-refractivity contribution in [3.8, 4) is 5.75 Å². The summed E-state index contributed by atoms with van der Waals surface area (Å²) in [5, 5.41) is 4.80. The van der Waals surface area contributed by atoms with E-state index in [4.69, 9.17) is 16.3 Å². The van der Waals surface area contributed by atoms with E-state index in [-0.39, 0.29) is 11.5 Å². The predicted octanol–water partition coefficient (Wildman–Crippen LogP) is 4.73. The summed E-state index contributed by atoms with van der Waals surface area (Å²) in [6.07, 6.45) is -2.86. The fraction of sp³-hybridized carbons (Fsp3) is 0.158. The zero-order chi connectivity index (χ0) is 20.5. The standard InChI is InChI=1S/C19H14ClF3N2O3/c1-10-18(27)25-15-9-12(4-6-16(15)28-10)24-17(26)7-3-11-2-5-14(20)13(8-11)19(21,22)23/h2-10H,1H3,(H,24,26)(H,25,27)/b7-3+. The number of anilines is 2. The fourth-order valence-electron chi connectivity index (χ4n) is 2.51. The summed E-state index contributed by atoms with van der Waals surface area (Å²) < 4.78 is 44.0. The molecular weight excluding hydrogens is 397 g/mol. The van der Waals surface area contributed by atoms with Gasteiger partial charge in [-0.05, 0) is 48.9 Å². The maximum atomic E-state index is 12.9. The molecule has 0 aliphatic carbocycles. The Kier molecular flexibility index (Phi) is 5.33. The second kappa shape index (κ2) is 7.55. The normalized spacial score (nSPS) is 16.3. The average molecular weight is 411 g/mol. The number of carbonyl (C=O) groups excluding carboxylic acids is 2. The zero-order valence-electron chi connectivity index (χ0n) is 14.4. The van der Waals surface area contributed by atoms with Crippen LogP contribution in [-0.2, 0) is 15.8 Å². The zero-order valence-corrected chi connectivity index (χ0v) is 15.2. The molecule has 0 spiro atoms. The number of fused-ring (bicyclic) bond motifs is 1. The van der Waals surface area contributed by atoms with E-state index in [0.29, 0.717) is 17.1 Å². The number of hydrogen-bond acceptors (Lipinski definition) is 3. The van der Waals surface area contributed by atoms with Gasteiger partial charge in [-0.2, -0.15) is 13.2 Å². The van der Waals surface area contributed by atoms with Crippen molar-refractivity contribution in [3.63, 3.8) is 0 Å².